The van der Waals surface area contributed by atoms with E-state index in [-0.39, 0.29) is 17.6 Å². The molecule has 0 bridgehead atoms. The van der Waals surface area contributed by atoms with Crippen molar-refractivity contribution in [3.8, 4) is 5.75 Å². The molecule has 0 radical (unpaired) electrons. The molecule has 1 aliphatic heterocycles. The van der Waals surface area contributed by atoms with Crippen LogP contribution in [0.2, 0.25) is 0 Å². The van der Waals surface area contributed by atoms with Crippen LogP contribution in [0.5, 0.6) is 5.75 Å². The van der Waals surface area contributed by atoms with Crippen molar-refractivity contribution in [1.29, 1.82) is 0 Å². The average molecular weight is 409 g/mol. The molecular weight excluding hydrogens is 384 g/mol. The highest BCUT2D eigenvalue weighted by Gasteiger charge is 2.30. The summed E-state index contributed by atoms with van der Waals surface area (Å²) in [5, 5.41) is 1.11. The second-order valence-corrected chi connectivity index (χ2v) is 8.55. The Hall–Kier alpha value is -2.73. The van der Waals surface area contributed by atoms with Crippen molar-refractivity contribution in [3.05, 3.63) is 59.1 Å². The molecule has 1 aliphatic rings. The Morgan fingerprint density at radius 3 is 2.66 bits per heavy atom. The number of hydrogen-bond acceptors (Lipinski definition) is 5. The largest absolute Gasteiger partial charge is 0.481 e. The van der Waals surface area contributed by atoms with E-state index in [9.17, 15) is 9.59 Å². The Bertz CT molecular complexity index is 995. The molecular formula is C23H24N2O3S. The third-order valence-electron chi connectivity index (χ3n) is 5.31. The number of amides is 1. The van der Waals surface area contributed by atoms with E-state index in [1.54, 1.807) is 42.5 Å². The van der Waals surface area contributed by atoms with Gasteiger partial charge in [0.2, 0.25) is 0 Å². The minimum absolute atomic E-state index is 0.00791. The number of carbonyl (C=O) groups excluding carboxylic acids is 2. The number of fused-ring (bicyclic) bond motifs is 1. The number of aromatic nitrogens is 1. The van der Waals surface area contributed by atoms with E-state index < -0.39 is 6.10 Å². The normalized spacial score (nSPS) is 17.9. The quantitative estimate of drug-likeness (QED) is 0.576. The van der Waals surface area contributed by atoms with Crippen LogP contribution in [-0.2, 0) is 4.79 Å². The fourth-order valence-corrected chi connectivity index (χ4v) is 4.82. The van der Waals surface area contributed by atoms with E-state index in [0.717, 1.165) is 29.9 Å². The Morgan fingerprint density at radius 1 is 1.17 bits per heavy atom. The highest BCUT2D eigenvalue weighted by molar-refractivity contribution is 7.18. The second kappa shape index (κ2) is 8.33. The first-order valence-electron chi connectivity index (χ1n) is 9.93. The molecule has 2 heterocycles. The van der Waals surface area contributed by atoms with Crippen LogP contribution < -0.4 is 4.74 Å². The molecule has 1 saturated heterocycles. The molecule has 5 nitrogen and oxygen atoms in total. The fourth-order valence-electron chi connectivity index (χ4n) is 3.72. The predicted octanol–water partition coefficient (Wildman–Crippen LogP) is 4.67. The van der Waals surface area contributed by atoms with Crippen LogP contribution in [0, 0.1) is 0 Å². The zero-order valence-corrected chi connectivity index (χ0v) is 17.4. The fraction of sp³-hybridized carbons (Fsp3) is 0.348. The lowest BCUT2D eigenvalue weighted by molar-refractivity contribution is -0.139. The molecule has 6 heteroatoms. The first kappa shape index (κ1) is 19.6. The van der Waals surface area contributed by atoms with Crippen molar-refractivity contribution < 1.29 is 14.3 Å². The van der Waals surface area contributed by atoms with Gasteiger partial charge in [-0.25, -0.2) is 4.98 Å². The maximum Gasteiger partial charge on any atom is 0.263 e. The van der Waals surface area contributed by atoms with E-state index in [2.05, 4.69) is 6.07 Å². The van der Waals surface area contributed by atoms with Gasteiger partial charge in [-0.2, -0.15) is 0 Å². The van der Waals surface area contributed by atoms with Gasteiger partial charge >= 0.3 is 0 Å². The lowest BCUT2D eigenvalue weighted by Crippen LogP contribution is -2.45. The van der Waals surface area contributed by atoms with Crippen LogP contribution in [-0.4, -0.2) is 40.8 Å². The van der Waals surface area contributed by atoms with E-state index >= 15 is 0 Å². The van der Waals surface area contributed by atoms with Crippen molar-refractivity contribution >= 4 is 33.2 Å². The molecule has 0 N–H and O–H groups in total. The summed E-state index contributed by atoms with van der Waals surface area (Å²) in [7, 11) is 0. The second-order valence-electron chi connectivity index (χ2n) is 7.48. The van der Waals surface area contributed by atoms with Crippen molar-refractivity contribution in [1.82, 2.24) is 9.88 Å². The molecule has 0 spiro atoms. The van der Waals surface area contributed by atoms with Crippen LogP contribution in [0.4, 0.5) is 0 Å². The molecule has 1 aromatic heterocycles. The number of likely N-dealkylation sites (tertiary alicyclic amines) is 1. The van der Waals surface area contributed by atoms with E-state index in [0.29, 0.717) is 17.9 Å². The van der Waals surface area contributed by atoms with Gasteiger partial charge < -0.3 is 9.64 Å². The summed E-state index contributed by atoms with van der Waals surface area (Å²) in [6.45, 7) is 4.73. The van der Waals surface area contributed by atoms with Gasteiger partial charge in [0.1, 0.15) is 5.75 Å². The molecule has 3 aromatic rings. The first-order valence-corrected chi connectivity index (χ1v) is 10.7. The molecule has 2 atom stereocenters. The Balaban J connectivity index is 1.41. The number of piperidine rings is 1. The number of para-hydroxylation sites is 1. The van der Waals surface area contributed by atoms with Gasteiger partial charge in [0.15, 0.2) is 11.9 Å². The van der Waals surface area contributed by atoms with Crippen molar-refractivity contribution in [3.63, 3.8) is 0 Å². The molecule has 29 heavy (non-hydrogen) atoms. The van der Waals surface area contributed by atoms with Crippen LogP contribution in [0.3, 0.4) is 0 Å². The number of rotatable bonds is 5. The minimum atomic E-state index is -0.577. The first-order chi connectivity index (χ1) is 14.0. The van der Waals surface area contributed by atoms with Crippen LogP contribution in [0.15, 0.2) is 48.5 Å². The summed E-state index contributed by atoms with van der Waals surface area (Å²) < 4.78 is 7.03. The van der Waals surface area contributed by atoms with Crippen LogP contribution in [0.25, 0.3) is 10.2 Å². The Morgan fingerprint density at radius 2 is 1.93 bits per heavy atom. The number of ether oxygens (including phenoxy) is 1. The minimum Gasteiger partial charge on any atom is -0.481 e. The molecule has 0 aliphatic carbocycles. The zero-order valence-electron chi connectivity index (χ0n) is 16.6. The highest BCUT2D eigenvalue weighted by Crippen LogP contribution is 2.33. The summed E-state index contributed by atoms with van der Waals surface area (Å²) in [6.07, 6.45) is 1.44. The Labute approximate surface area is 174 Å². The zero-order chi connectivity index (χ0) is 20.4. The standard InChI is InChI=1S/C23H24N2O3S/c1-15(26)17-9-11-19(12-10-17)28-16(2)23(27)25-13-5-6-18(14-25)22-24-20-7-3-4-8-21(20)29-22/h3-4,7-12,16,18H,5-6,13-14H2,1-2H3/t16-,18-/m0/s1. The highest BCUT2D eigenvalue weighted by atomic mass is 32.1. The molecule has 1 amide bonds. The van der Waals surface area contributed by atoms with E-state index in [4.69, 9.17) is 9.72 Å². The monoisotopic (exact) mass is 408 g/mol. The number of thiazole rings is 1. The summed E-state index contributed by atoms with van der Waals surface area (Å²) in [6, 6.07) is 15.1. The Kier molecular flexibility index (Phi) is 5.62. The van der Waals surface area contributed by atoms with E-state index in [1.807, 2.05) is 23.1 Å². The smallest absolute Gasteiger partial charge is 0.263 e. The molecule has 150 valence electrons. The van der Waals surface area contributed by atoms with Crippen LogP contribution >= 0.6 is 11.3 Å². The molecule has 4 rings (SSSR count). The number of Topliss-reactive ketones (excluding diaryl/α,β-unsaturated/α-hetero) is 1. The maximum absolute atomic E-state index is 13.0. The van der Waals surface area contributed by atoms with Crippen LogP contribution in [0.1, 0.15) is 48.0 Å². The maximum atomic E-state index is 13.0. The van der Waals surface area contributed by atoms with Crippen molar-refractivity contribution in [2.75, 3.05) is 13.1 Å². The number of hydrogen-bond donors (Lipinski definition) is 0. The van der Waals surface area contributed by atoms with Gasteiger partial charge in [-0.3, -0.25) is 9.59 Å². The predicted molar refractivity (Wildman–Crippen MR) is 115 cm³/mol. The summed E-state index contributed by atoms with van der Waals surface area (Å²) in [4.78, 5) is 31.0. The number of carbonyl (C=O) groups is 2. The van der Waals surface area contributed by atoms with Gasteiger partial charge in [0, 0.05) is 24.6 Å². The molecule has 0 saturated carbocycles. The number of nitrogens with zero attached hydrogens (tertiary/aromatic N) is 2. The summed E-state index contributed by atoms with van der Waals surface area (Å²) in [5.41, 5.74) is 1.66. The average Bonchev–Trinajstić information content (AvgIpc) is 3.18. The van der Waals surface area contributed by atoms with Gasteiger partial charge in [0.05, 0.1) is 15.2 Å². The summed E-state index contributed by atoms with van der Waals surface area (Å²) in [5.74, 6) is 0.865. The van der Waals surface area contributed by atoms with Gasteiger partial charge in [0.25, 0.3) is 5.91 Å². The molecule has 1 fully saturated rings. The summed E-state index contributed by atoms with van der Waals surface area (Å²) >= 11 is 1.72. The number of ketones is 1. The van der Waals surface area contributed by atoms with Gasteiger partial charge in [-0.1, -0.05) is 12.1 Å². The third-order valence-corrected chi connectivity index (χ3v) is 6.51. The van der Waals surface area contributed by atoms with Gasteiger partial charge in [-0.15, -0.1) is 11.3 Å². The lowest BCUT2D eigenvalue weighted by Gasteiger charge is -2.33. The van der Waals surface area contributed by atoms with Crippen molar-refractivity contribution in [2.24, 2.45) is 0 Å². The lowest BCUT2D eigenvalue weighted by atomic mass is 9.98. The van der Waals surface area contributed by atoms with Crippen molar-refractivity contribution in [2.45, 2.75) is 38.7 Å². The molecule has 2 aromatic carbocycles. The SMILES string of the molecule is CC(=O)c1ccc(O[C@@H](C)C(=O)N2CCC[C@H](c3nc4ccccc4s3)C2)cc1. The van der Waals surface area contributed by atoms with E-state index in [1.165, 1.54) is 11.6 Å². The van der Waals surface area contributed by atoms with Gasteiger partial charge in [-0.05, 0) is 63.1 Å². The molecule has 0 unspecified atom stereocenters. The number of benzene rings is 2. The topological polar surface area (TPSA) is 59.5 Å². The third kappa shape index (κ3) is 4.32.